The van der Waals surface area contributed by atoms with Crippen molar-refractivity contribution in [2.24, 2.45) is 0 Å². The van der Waals surface area contributed by atoms with Crippen LogP contribution in [0.4, 0.5) is 0 Å². The van der Waals surface area contributed by atoms with Gasteiger partial charge in [-0.25, -0.2) is 0 Å². The van der Waals surface area contributed by atoms with E-state index in [1.807, 2.05) is 26.1 Å². The van der Waals surface area contributed by atoms with Gasteiger partial charge in [-0.15, -0.1) is 0 Å². The molecule has 0 aliphatic carbocycles. The molecule has 2 N–H and O–H groups in total. The van der Waals surface area contributed by atoms with Gasteiger partial charge in [0.25, 0.3) is 0 Å². The number of rotatable bonds is 6. The predicted octanol–water partition coefficient (Wildman–Crippen LogP) is 2.20. The second-order valence-electron chi connectivity index (χ2n) is 3.84. The lowest BCUT2D eigenvalue weighted by Gasteiger charge is -2.07. The van der Waals surface area contributed by atoms with Crippen molar-refractivity contribution in [3.8, 4) is 11.5 Å². The van der Waals surface area contributed by atoms with Crippen molar-refractivity contribution in [1.82, 2.24) is 10.3 Å². The number of pyridine rings is 1. The number of ether oxygens (including phenoxy) is 1. The Bertz CT molecular complexity index is 378. The summed E-state index contributed by atoms with van der Waals surface area (Å²) >= 11 is 0. The largest absolute Gasteiger partial charge is 0.504 e. The van der Waals surface area contributed by atoms with Crippen molar-refractivity contribution in [3.05, 3.63) is 24.0 Å². The van der Waals surface area contributed by atoms with Crippen molar-refractivity contribution in [2.75, 3.05) is 13.7 Å². The summed E-state index contributed by atoms with van der Waals surface area (Å²) in [4.78, 5) is 4.03. The zero-order chi connectivity index (χ0) is 12.7. The number of hydrogen-bond acceptors (Lipinski definition) is 4. The summed E-state index contributed by atoms with van der Waals surface area (Å²) in [5.74, 6) is 0.575. The SMILES string of the molecule is CCOc1cncc(/C=C/CC(C)NC)c1O. The van der Waals surface area contributed by atoms with Gasteiger partial charge in [-0.05, 0) is 27.3 Å². The minimum atomic E-state index is 0.148. The molecule has 1 atom stereocenters. The van der Waals surface area contributed by atoms with Crippen LogP contribution in [0.15, 0.2) is 18.5 Å². The molecule has 0 aromatic carbocycles. The molecule has 0 aliphatic heterocycles. The lowest BCUT2D eigenvalue weighted by atomic mass is 10.2. The van der Waals surface area contributed by atoms with E-state index >= 15 is 0 Å². The molecule has 0 saturated carbocycles. The number of nitrogens with zero attached hydrogens (tertiary/aromatic N) is 1. The molecular formula is C13H20N2O2. The van der Waals surface area contributed by atoms with Crippen LogP contribution in [0, 0.1) is 0 Å². The van der Waals surface area contributed by atoms with Crippen molar-refractivity contribution in [1.29, 1.82) is 0 Å². The molecule has 1 rings (SSSR count). The maximum atomic E-state index is 9.91. The van der Waals surface area contributed by atoms with Gasteiger partial charge in [0.05, 0.1) is 12.8 Å². The lowest BCUT2D eigenvalue weighted by molar-refractivity contribution is 0.316. The predicted molar refractivity (Wildman–Crippen MR) is 69.2 cm³/mol. The van der Waals surface area contributed by atoms with Crippen molar-refractivity contribution in [3.63, 3.8) is 0 Å². The van der Waals surface area contributed by atoms with E-state index < -0.39 is 0 Å². The molecule has 0 radical (unpaired) electrons. The molecule has 1 aromatic heterocycles. The summed E-state index contributed by atoms with van der Waals surface area (Å²) in [6.45, 7) is 4.48. The summed E-state index contributed by atoms with van der Waals surface area (Å²) < 4.78 is 5.27. The Morgan fingerprint density at radius 1 is 1.53 bits per heavy atom. The third-order valence-electron chi connectivity index (χ3n) is 2.49. The average Bonchev–Trinajstić information content (AvgIpc) is 2.33. The normalized spacial score (nSPS) is 12.9. The van der Waals surface area contributed by atoms with Gasteiger partial charge in [-0.3, -0.25) is 4.98 Å². The first kappa shape index (κ1) is 13.5. The van der Waals surface area contributed by atoms with Crippen molar-refractivity contribution >= 4 is 6.08 Å². The van der Waals surface area contributed by atoms with Gasteiger partial charge in [0.2, 0.25) is 0 Å². The third-order valence-corrected chi connectivity index (χ3v) is 2.49. The van der Waals surface area contributed by atoms with E-state index in [9.17, 15) is 5.11 Å². The van der Waals surface area contributed by atoms with E-state index in [2.05, 4.69) is 17.2 Å². The highest BCUT2D eigenvalue weighted by molar-refractivity contribution is 5.59. The zero-order valence-electron chi connectivity index (χ0n) is 10.6. The topological polar surface area (TPSA) is 54.4 Å². The molecule has 0 saturated heterocycles. The van der Waals surface area contributed by atoms with Crippen LogP contribution >= 0.6 is 0 Å². The summed E-state index contributed by atoms with van der Waals surface area (Å²) in [6, 6.07) is 0.413. The standard InChI is InChI=1S/C13H20N2O2/c1-4-17-12-9-15-8-11(13(12)16)7-5-6-10(2)14-3/h5,7-10,14H,4,6H2,1-3H3,(H,15,16)/b7-5+. The van der Waals surface area contributed by atoms with Gasteiger partial charge in [0.1, 0.15) is 0 Å². The maximum absolute atomic E-state index is 9.91. The number of nitrogens with one attached hydrogen (secondary N) is 1. The van der Waals surface area contributed by atoms with E-state index in [-0.39, 0.29) is 5.75 Å². The molecular weight excluding hydrogens is 216 g/mol. The monoisotopic (exact) mass is 236 g/mol. The summed E-state index contributed by atoms with van der Waals surface area (Å²) in [5, 5.41) is 13.1. The second-order valence-corrected chi connectivity index (χ2v) is 3.84. The summed E-state index contributed by atoms with van der Waals surface area (Å²) in [6.07, 6.45) is 7.91. The smallest absolute Gasteiger partial charge is 0.179 e. The Balaban J connectivity index is 2.74. The summed E-state index contributed by atoms with van der Waals surface area (Å²) in [5.41, 5.74) is 0.680. The highest BCUT2D eigenvalue weighted by Crippen LogP contribution is 2.29. The molecule has 17 heavy (non-hydrogen) atoms. The molecule has 0 fully saturated rings. The fraction of sp³-hybridized carbons (Fsp3) is 0.462. The molecule has 1 unspecified atom stereocenters. The minimum absolute atomic E-state index is 0.148. The van der Waals surface area contributed by atoms with Crippen LogP contribution in [0.5, 0.6) is 11.5 Å². The first-order chi connectivity index (χ1) is 8.19. The van der Waals surface area contributed by atoms with Crippen molar-refractivity contribution < 1.29 is 9.84 Å². The Morgan fingerprint density at radius 3 is 2.94 bits per heavy atom. The van der Waals surface area contributed by atoms with E-state index in [0.717, 1.165) is 6.42 Å². The highest BCUT2D eigenvalue weighted by Gasteiger charge is 2.05. The Labute approximate surface area is 102 Å². The first-order valence-corrected chi connectivity index (χ1v) is 5.82. The lowest BCUT2D eigenvalue weighted by Crippen LogP contribution is -2.19. The third kappa shape index (κ3) is 4.07. The van der Waals surface area contributed by atoms with E-state index in [1.165, 1.54) is 6.20 Å². The fourth-order valence-corrected chi connectivity index (χ4v) is 1.35. The van der Waals surface area contributed by atoms with Crippen molar-refractivity contribution in [2.45, 2.75) is 26.3 Å². The number of aromatic hydroxyl groups is 1. The number of hydrogen-bond donors (Lipinski definition) is 2. The van der Waals surface area contributed by atoms with E-state index in [4.69, 9.17) is 4.74 Å². The van der Waals surface area contributed by atoms with Crippen LogP contribution < -0.4 is 10.1 Å². The van der Waals surface area contributed by atoms with E-state index in [1.54, 1.807) is 6.20 Å². The Morgan fingerprint density at radius 2 is 2.29 bits per heavy atom. The quantitative estimate of drug-likeness (QED) is 0.795. The van der Waals surface area contributed by atoms with Gasteiger partial charge in [0.15, 0.2) is 11.5 Å². The molecule has 1 aromatic rings. The average molecular weight is 236 g/mol. The number of aromatic nitrogens is 1. The molecule has 4 nitrogen and oxygen atoms in total. The maximum Gasteiger partial charge on any atom is 0.179 e. The summed E-state index contributed by atoms with van der Waals surface area (Å²) in [7, 11) is 1.92. The zero-order valence-corrected chi connectivity index (χ0v) is 10.6. The Hall–Kier alpha value is -1.55. The molecule has 1 heterocycles. The minimum Gasteiger partial charge on any atom is -0.504 e. The molecule has 0 spiro atoms. The van der Waals surface area contributed by atoms with Crippen LogP contribution in [0.1, 0.15) is 25.8 Å². The van der Waals surface area contributed by atoms with Crippen LogP contribution in [-0.2, 0) is 0 Å². The van der Waals surface area contributed by atoms with Crippen LogP contribution in [0.25, 0.3) is 6.08 Å². The van der Waals surface area contributed by atoms with Gasteiger partial charge in [-0.1, -0.05) is 12.2 Å². The highest BCUT2D eigenvalue weighted by atomic mass is 16.5. The molecule has 4 heteroatoms. The van der Waals surface area contributed by atoms with Gasteiger partial charge >= 0.3 is 0 Å². The molecule has 0 bridgehead atoms. The molecule has 0 aliphatic rings. The van der Waals surface area contributed by atoms with Crippen LogP contribution in [-0.4, -0.2) is 29.8 Å². The van der Waals surface area contributed by atoms with Gasteiger partial charge in [-0.2, -0.15) is 0 Å². The fourth-order valence-electron chi connectivity index (χ4n) is 1.35. The second kappa shape index (κ2) is 6.91. The Kier molecular flexibility index (Phi) is 5.49. The molecule has 94 valence electrons. The van der Waals surface area contributed by atoms with E-state index in [0.29, 0.717) is 24.0 Å². The molecule has 0 amide bonds. The van der Waals surface area contributed by atoms with Crippen LogP contribution in [0.2, 0.25) is 0 Å². The van der Waals surface area contributed by atoms with Gasteiger partial charge in [0, 0.05) is 17.8 Å². The van der Waals surface area contributed by atoms with Crippen LogP contribution in [0.3, 0.4) is 0 Å². The van der Waals surface area contributed by atoms with Gasteiger partial charge < -0.3 is 15.2 Å². The first-order valence-electron chi connectivity index (χ1n) is 5.82.